The fourth-order valence-corrected chi connectivity index (χ4v) is 3.61. The van der Waals surface area contributed by atoms with Crippen LogP contribution in [-0.2, 0) is 12.8 Å². The van der Waals surface area contributed by atoms with Crippen molar-refractivity contribution >= 4 is 5.69 Å². The van der Waals surface area contributed by atoms with Crippen LogP contribution in [0.4, 0.5) is 5.69 Å². The normalized spacial score (nSPS) is 17.0. The highest BCUT2D eigenvalue weighted by Gasteiger charge is 2.25. The number of rotatable bonds is 6. The van der Waals surface area contributed by atoms with E-state index in [4.69, 9.17) is 9.47 Å². The average molecular weight is 340 g/mol. The van der Waals surface area contributed by atoms with Crippen LogP contribution in [0.15, 0.2) is 36.4 Å². The molecule has 1 atom stereocenters. The lowest BCUT2D eigenvalue weighted by Gasteiger charge is -2.35. The van der Waals surface area contributed by atoms with E-state index < -0.39 is 0 Å². The number of hydrogen-bond acceptors (Lipinski definition) is 4. The van der Waals surface area contributed by atoms with Crippen molar-refractivity contribution in [2.45, 2.75) is 25.8 Å². The van der Waals surface area contributed by atoms with Gasteiger partial charge in [-0.3, -0.25) is 4.90 Å². The maximum Gasteiger partial charge on any atom is 0.161 e. The summed E-state index contributed by atoms with van der Waals surface area (Å²) in [5, 5.41) is 3.17. The van der Waals surface area contributed by atoms with Crippen molar-refractivity contribution in [3.05, 3.63) is 53.1 Å². The van der Waals surface area contributed by atoms with Crippen LogP contribution >= 0.6 is 0 Å². The van der Waals surface area contributed by atoms with Crippen LogP contribution in [0.3, 0.4) is 0 Å². The van der Waals surface area contributed by atoms with E-state index in [2.05, 4.69) is 53.5 Å². The van der Waals surface area contributed by atoms with Crippen LogP contribution in [0.1, 0.15) is 29.7 Å². The maximum atomic E-state index is 5.49. The van der Waals surface area contributed by atoms with Gasteiger partial charge in [0, 0.05) is 31.9 Å². The predicted octanol–water partition coefficient (Wildman–Crippen LogP) is 3.91. The smallest absolute Gasteiger partial charge is 0.161 e. The van der Waals surface area contributed by atoms with Gasteiger partial charge in [0.05, 0.1) is 14.2 Å². The second-order valence-corrected chi connectivity index (χ2v) is 6.56. The molecule has 0 radical (unpaired) electrons. The Morgan fingerprint density at radius 2 is 1.76 bits per heavy atom. The molecule has 2 aromatic carbocycles. The number of benzene rings is 2. The first-order chi connectivity index (χ1) is 12.2. The number of hydrogen-bond donors (Lipinski definition) is 1. The second-order valence-electron chi connectivity index (χ2n) is 6.56. The van der Waals surface area contributed by atoms with Gasteiger partial charge in [0.1, 0.15) is 0 Å². The van der Waals surface area contributed by atoms with E-state index >= 15 is 0 Å². The first-order valence-corrected chi connectivity index (χ1v) is 8.91. The molecule has 0 fully saturated rings. The van der Waals surface area contributed by atoms with Gasteiger partial charge in [-0.25, -0.2) is 0 Å². The minimum atomic E-state index is 0.389. The number of nitrogens with one attached hydrogen (secondary N) is 1. The van der Waals surface area contributed by atoms with E-state index in [0.29, 0.717) is 6.04 Å². The quantitative estimate of drug-likeness (QED) is 0.864. The molecule has 3 rings (SSSR count). The summed E-state index contributed by atoms with van der Waals surface area (Å²) < 4.78 is 10.9. The Bertz CT molecular complexity index is 713. The molecule has 1 aliphatic rings. The Morgan fingerprint density at radius 1 is 1.08 bits per heavy atom. The zero-order valence-electron chi connectivity index (χ0n) is 15.6. The Hall–Kier alpha value is -2.20. The van der Waals surface area contributed by atoms with E-state index in [1.54, 1.807) is 14.2 Å². The molecule has 4 heteroatoms. The van der Waals surface area contributed by atoms with Crippen LogP contribution in [-0.4, -0.2) is 39.3 Å². The Labute approximate surface area is 150 Å². The lowest BCUT2D eigenvalue weighted by Crippen LogP contribution is -2.35. The molecule has 1 heterocycles. The summed E-state index contributed by atoms with van der Waals surface area (Å²) in [6, 6.07) is 13.4. The maximum absolute atomic E-state index is 5.49. The fraction of sp³-hybridized carbons (Fsp3) is 0.429. The van der Waals surface area contributed by atoms with Crippen LogP contribution in [0.5, 0.6) is 11.5 Å². The van der Waals surface area contributed by atoms with Crippen LogP contribution in [0.25, 0.3) is 0 Å². The number of nitrogens with zero attached hydrogens (tertiary/aromatic N) is 1. The summed E-state index contributed by atoms with van der Waals surface area (Å²) in [6.45, 7) is 4.43. The Balaban J connectivity index is 1.71. The van der Waals surface area contributed by atoms with Crippen molar-refractivity contribution in [3.8, 4) is 11.5 Å². The summed E-state index contributed by atoms with van der Waals surface area (Å²) in [5.41, 5.74) is 5.27. The third-order valence-corrected chi connectivity index (χ3v) is 5.24. The summed E-state index contributed by atoms with van der Waals surface area (Å²) in [4.78, 5) is 2.56. The van der Waals surface area contributed by atoms with E-state index in [1.807, 2.05) is 7.05 Å². The molecule has 4 nitrogen and oxygen atoms in total. The number of ether oxygens (including phenoxy) is 2. The molecule has 0 bridgehead atoms. The molecule has 2 aromatic rings. The standard InChI is InChI=1S/C21H28N2O2/c1-15-19-14-21(25-4)20(24-3)13-17(19)10-12-23(15)11-9-16-5-7-18(22-2)8-6-16/h5-8,13-15,22H,9-12H2,1-4H3. The van der Waals surface area contributed by atoms with Gasteiger partial charge in [0.15, 0.2) is 11.5 Å². The van der Waals surface area contributed by atoms with Gasteiger partial charge in [0.2, 0.25) is 0 Å². The minimum Gasteiger partial charge on any atom is -0.493 e. The van der Waals surface area contributed by atoms with E-state index in [1.165, 1.54) is 16.7 Å². The lowest BCUT2D eigenvalue weighted by molar-refractivity contribution is 0.200. The molecule has 25 heavy (non-hydrogen) atoms. The number of fused-ring (bicyclic) bond motifs is 1. The minimum absolute atomic E-state index is 0.389. The highest BCUT2D eigenvalue weighted by atomic mass is 16.5. The van der Waals surface area contributed by atoms with Gasteiger partial charge in [-0.05, 0) is 60.7 Å². The SMILES string of the molecule is CNc1ccc(CCN2CCc3cc(OC)c(OC)cc3C2C)cc1. The third kappa shape index (κ3) is 3.74. The monoisotopic (exact) mass is 340 g/mol. The van der Waals surface area contributed by atoms with Crippen molar-refractivity contribution in [1.29, 1.82) is 0 Å². The van der Waals surface area contributed by atoms with Crippen molar-refractivity contribution in [2.75, 3.05) is 39.7 Å². The molecule has 0 saturated carbocycles. The van der Waals surface area contributed by atoms with Gasteiger partial charge in [-0.15, -0.1) is 0 Å². The second kappa shape index (κ2) is 7.79. The molecule has 134 valence electrons. The molecule has 0 aliphatic carbocycles. The molecule has 0 spiro atoms. The highest BCUT2D eigenvalue weighted by molar-refractivity contribution is 5.49. The highest BCUT2D eigenvalue weighted by Crippen LogP contribution is 2.37. The summed E-state index contributed by atoms with van der Waals surface area (Å²) in [5.74, 6) is 1.64. The zero-order chi connectivity index (χ0) is 17.8. The molecule has 0 aromatic heterocycles. The largest absolute Gasteiger partial charge is 0.493 e. The van der Waals surface area contributed by atoms with Crippen molar-refractivity contribution in [2.24, 2.45) is 0 Å². The van der Waals surface area contributed by atoms with Crippen LogP contribution in [0.2, 0.25) is 0 Å². The topological polar surface area (TPSA) is 33.7 Å². The molecule has 0 saturated heterocycles. The van der Waals surface area contributed by atoms with Crippen LogP contribution < -0.4 is 14.8 Å². The zero-order valence-corrected chi connectivity index (χ0v) is 15.6. The summed E-state index contributed by atoms with van der Waals surface area (Å²) in [6.07, 6.45) is 2.12. The third-order valence-electron chi connectivity index (χ3n) is 5.24. The van der Waals surface area contributed by atoms with E-state index in [9.17, 15) is 0 Å². The summed E-state index contributed by atoms with van der Waals surface area (Å²) in [7, 11) is 5.34. The molecule has 0 amide bonds. The van der Waals surface area contributed by atoms with Crippen molar-refractivity contribution < 1.29 is 9.47 Å². The Kier molecular flexibility index (Phi) is 5.49. The van der Waals surface area contributed by atoms with Gasteiger partial charge in [0.25, 0.3) is 0 Å². The predicted molar refractivity (Wildman–Crippen MR) is 103 cm³/mol. The van der Waals surface area contributed by atoms with Gasteiger partial charge < -0.3 is 14.8 Å². The number of anilines is 1. The van der Waals surface area contributed by atoms with Gasteiger partial charge in [-0.1, -0.05) is 12.1 Å². The average Bonchev–Trinajstić information content (AvgIpc) is 2.67. The van der Waals surface area contributed by atoms with Gasteiger partial charge in [-0.2, -0.15) is 0 Å². The van der Waals surface area contributed by atoms with Gasteiger partial charge >= 0.3 is 0 Å². The van der Waals surface area contributed by atoms with Crippen molar-refractivity contribution in [3.63, 3.8) is 0 Å². The van der Waals surface area contributed by atoms with Crippen molar-refractivity contribution in [1.82, 2.24) is 4.90 Å². The fourth-order valence-electron chi connectivity index (χ4n) is 3.61. The molecule has 1 N–H and O–H groups in total. The first-order valence-electron chi connectivity index (χ1n) is 8.91. The van der Waals surface area contributed by atoms with E-state index in [-0.39, 0.29) is 0 Å². The first kappa shape index (κ1) is 17.6. The Morgan fingerprint density at radius 3 is 2.40 bits per heavy atom. The molecule has 1 aliphatic heterocycles. The summed E-state index contributed by atoms with van der Waals surface area (Å²) >= 11 is 0. The van der Waals surface area contributed by atoms with E-state index in [0.717, 1.165) is 43.1 Å². The molecule has 1 unspecified atom stereocenters. The number of methoxy groups -OCH3 is 2. The van der Waals surface area contributed by atoms with Crippen LogP contribution in [0, 0.1) is 0 Å². The lowest BCUT2D eigenvalue weighted by atomic mass is 9.92. The molecular weight excluding hydrogens is 312 g/mol. The molecular formula is C21H28N2O2.